The molecular formula is C21H32N2O2S. The van der Waals surface area contributed by atoms with Gasteiger partial charge in [-0.05, 0) is 63.5 Å². The van der Waals surface area contributed by atoms with Crippen LogP contribution in [0, 0.1) is 0 Å². The van der Waals surface area contributed by atoms with E-state index in [1.807, 2.05) is 43.0 Å². The molecule has 0 spiro atoms. The topological polar surface area (TPSA) is 32.8 Å². The van der Waals surface area contributed by atoms with E-state index in [9.17, 15) is 4.79 Å². The summed E-state index contributed by atoms with van der Waals surface area (Å²) in [4.78, 5) is 17.5. The summed E-state index contributed by atoms with van der Waals surface area (Å²) < 4.78 is 5.86. The molecule has 144 valence electrons. The molecule has 2 aliphatic rings. The molecule has 2 aliphatic heterocycles. The van der Waals surface area contributed by atoms with Crippen LogP contribution >= 0.6 is 11.8 Å². The number of carbonyl (C=O) groups excluding carboxylic acids is 1. The first-order valence-electron chi connectivity index (χ1n) is 10.1. The summed E-state index contributed by atoms with van der Waals surface area (Å²) in [5, 5.41) is 0. The largest absolute Gasteiger partial charge is 0.494 e. The molecule has 26 heavy (non-hydrogen) atoms. The Labute approximate surface area is 162 Å². The van der Waals surface area contributed by atoms with E-state index in [1.165, 1.54) is 32.4 Å². The molecule has 0 aliphatic carbocycles. The van der Waals surface area contributed by atoms with E-state index < -0.39 is 0 Å². The minimum Gasteiger partial charge on any atom is -0.494 e. The molecular weight excluding hydrogens is 344 g/mol. The van der Waals surface area contributed by atoms with E-state index in [0.717, 1.165) is 55.5 Å². The van der Waals surface area contributed by atoms with Crippen LogP contribution in [0.25, 0.3) is 0 Å². The number of likely N-dealkylation sites (tertiary alicyclic amines) is 1. The van der Waals surface area contributed by atoms with Crippen LogP contribution < -0.4 is 4.74 Å². The third kappa shape index (κ3) is 5.73. The third-order valence-corrected chi connectivity index (χ3v) is 6.39. The lowest BCUT2D eigenvalue weighted by Crippen LogP contribution is -2.43. The highest BCUT2D eigenvalue weighted by Gasteiger charge is 2.23. The number of nitrogens with zero attached hydrogens (tertiary/aromatic N) is 2. The Balaban J connectivity index is 1.41. The number of piperidine rings is 1. The molecule has 4 nitrogen and oxygen atoms in total. The maximum Gasteiger partial charge on any atom is 0.179 e. The molecule has 2 fully saturated rings. The maximum absolute atomic E-state index is 12.7. The van der Waals surface area contributed by atoms with Crippen LogP contribution in [0.4, 0.5) is 0 Å². The molecule has 0 saturated carbocycles. The monoisotopic (exact) mass is 376 g/mol. The zero-order valence-corrected chi connectivity index (χ0v) is 16.8. The van der Waals surface area contributed by atoms with Crippen molar-refractivity contribution in [3.05, 3.63) is 29.8 Å². The van der Waals surface area contributed by atoms with Gasteiger partial charge in [0.25, 0.3) is 0 Å². The average molecular weight is 377 g/mol. The van der Waals surface area contributed by atoms with E-state index in [2.05, 4.69) is 9.80 Å². The summed E-state index contributed by atoms with van der Waals surface area (Å²) in [5.41, 5.74) is 0.788. The fraction of sp³-hybridized carbons (Fsp3) is 0.667. The van der Waals surface area contributed by atoms with Crippen molar-refractivity contribution >= 4 is 17.5 Å². The van der Waals surface area contributed by atoms with Crippen LogP contribution in [0.1, 0.15) is 43.0 Å². The number of hydrogen-bond donors (Lipinski definition) is 0. The predicted molar refractivity (Wildman–Crippen MR) is 110 cm³/mol. The average Bonchev–Trinajstić information content (AvgIpc) is 2.72. The van der Waals surface area contributed by atoms with Crippen LogP contribution in [0.15, 0.2) is 24.3 Å². The second kappa shape index (κ2) is 10.3. The van der Waals surface area contributed by atoms with E-state index >= 15 is 0 Å². The van der Waals surface area contributed by atoms with Gasteiger partial charge in [-0.1, -0.05) is 6.42 Å². The van der Waals surface area contributed by atoms with E-state index in [1.54, 1.807) is 0 Å². The van der Waals surface area contributed by atoms with Crippen LogP contribution in [0.5, 0.6) is 5.75 Å². The van der Waals surface area contributed by atoms with Crippen molar-refractivity contribution in [3.8, 4) is 5.75 Å². The van der Waals surface area contributed by atoms with Gasteiger partial charge in [0.2, 0.25) is 0 Å². The number of thioether (sulfide) groups is 1. The van der Waals surface area contributed by atoms with Gasteiger partial charge in [-0.25, -0.2) is 0 Å². The number of Topliss-reactive ketones (excluding diaryl/α,β-unsaturated/α-hetero) is 1. The minimum atomic E-state index is -0.0350. The van der Waals surface area contributed by atoms with Crippen molar-refractivity contribution in [1.82, 2.24) is 9.80 Å². The number of rotatable bonds is 8. The van der Waals surface area contributed by atoms with E-state index in [4.69, 9.17) is 4.74 Å². The Hall–Kier alpha value is -1.04. The van der Waals surface area contributed by atoms with E-state index in [-0.39, 0.29) is 11.8 Å². The molecule has 0 amide bonds. The summed E-state index contributed by atoms with van der Waals surface area (Å²) in [6.45, 7) is 8.40. The molecule has 1 aromatic carbocycles. The number of ether oxygens (including phenoxy) is 1. The van der Waals surface area contributed by atoms with Gasteiger partial charge in [0, 0.05) is 36.7 Å². The van der Waals surface area contributed by atoms with Crippen molar-refractivity contribution in [2.75, 3.05) is 50.8 Å². The van der Waals surface area contributed by atoms with Gasteiger partial charge >= 0.3 is 0 Å². The zero-order chi connectivity index (χ0) is 18.2. The summed E-state index contributed by atoms with van der Waals surface area (Å²) >= 11 is 1.97. The van der Waals surface area contributed by atoms with Gasteiger partial charge in [-0.2, -0.15) is 11.8 Å². The van der Waals surface area contributed by atoms with Gasteiger partial charge in [0.05, 0.1) is 12.6 Å². The highest BCUT2D eigenvalue weighted by molar-refractivity contribution is 7.99. The normalized spacial score (nSPS) is 20.7. The molecule has 5 heteroatoms. The van der Waals surface area contributed by atoms with Crippen LogP contribution in [-0.4, -0.2) is 72.5 Å². The molecule has 2 saturated heterocycles. The Morgan fingerprint density at radius 2 is 1.77 bits per heavy atom. The molecule has 2 heterocycles. The minimum absolute atomic E-state index is 0.0350. The van der Waals surface area contributed by atoms with Gasteiger partial charge in [-0.15, -0.1) is 0 Å². The van der Waals surface area contributed by atoms with Crippen LogP contribution in [0.2, 0.25) is 0 Å². The first-order valence-corrected chi connectivity index (χ1v) is 11.2. The maximum atomic E-state index is 12.7. The predicted octanol–water partition coefficient (Wildman–Crippen LogP) is 3.56. The van der Waals surface area contributed by atoms with Gasteiger partial charge in [0.15, 0.2) is 5.78 Å². The molecule has 1 atom stereocenters. The first-order chi connectivity index (χ1) is 12.7. The summed E-state index contributed by atoms with van der Waals surface area (Å²) in [6, 6.07) is 7.67. The van der Waals surface area contributed by atoms with E-state index in [0.29, 0.717) is 0 Å². The second-order valence-corrected chi connectivity index (χ2v) is 8.54. The standard InChI is InChI=1S/C21H32N2O2S/c1-18(23-13-16-26-17-14-23)21(24)19-6-8-20(9-7-19)25-15-5-12-22-10-3-2-4-11-22/h6-9,18H,2-5,10-17H2,1H3. The zero-order valence-electron chi connectivity index (χ0n) is 16.0. The number of benzene rings is 1. The molecule has 3 rings (SSSR count). The molecule has 1 aromatic rings. The quantitative estimate of drug-likeness (QED) is 0.512. The Morgan fingerprint density at radius 1 is 1.08 bits per heavy atom. The lowest BCUT2D eigenvalue weighted by molar-refractivity contribution is 0.0851. The molecule has 0 aromatic heterocycles. The van der Waals surface area contributed by atoms with Crippen LogP contribution in [-0.2, 0) is 0 Å². The second-order valence-electron chi connectivity index (χ2n) is 7.32. The molecule has 0 radical (unpaired) electrons. The van der Waals surface area contributed by atoms with Crippen molar-refractivity contribution in [1.29, 1.82) is 0 Å². The Bertz CT molecular complexity index is 552. The fourth-order valence-electron chi connectivity index (χ4n) is 3.75. The summed E-state index contributed by atoms with van der Waals surface area (Å²) in [5.74, 6) is 3.33. The summed E-state index contributed by atoms with van der Waals surface area (Å²) in [7, 11) is 0. The van der Waals surface area contributed by atoms with Gasteiger partial charge in [0.1, 0.15) is 5.75 Å². The molecule has 0 N–H and O–H groups in total. The van der Waals surface area contributed by atoms with Gasteiger partial charge in [-0.3, -0.25) is 9.69 Å². The third-order valence-electron chi connectivity index (χ3n) is 5.45. The van der Waals surface area contributed by atoms with Crippen molar-refractivity contribution in [2.24, 2.45) is 0 Å². The van der Waals surface area contributed by atoms with Crippen molar-refractivity contribution in [3.63, 3.8) is 0 Å². The van der Waals surface area contributed by atoms with Crippen molar-refractivity contribution < 1.29 is 9.53 Å². The summed E-state index contributed by atoms with van der Waals surface area (Å²) in [6.07, 6.45) is 5.12. The highest BCUT2D eigenvalue weighted by Crippen LogP contribution is 2.18. The lowest BCUT2D eigenvalue weighted by Gasteiger charge is -2.31. The SMILES string of the molecule is CC(C(=O)c1ccc(OCCCN2CCCCC2)cc1)N1CCSCC1. The Morgan fingerprint density at radius 3 is 2.46 bits per heavy atom. The fourth-order valence-corrected chi connectivity index (χ4v) is 4.68. The highest BCUT2D eigenvalue weighted by atomic mass is 32.2. The van der Waals surface area contributed by atoms with Gasteiger partial charge < -0.3 is 9.64 Å². The Kier molecular flexibility index (Phi) is 7.84. The number of ketones is 1. The smallest absolute Gasteiger partial charge is 0.179 e. The molecule has 0 bridgehead atoms. The molecule has 1 unspecified atom stereocenters. The first kappa shape index (κ1) is 19.7. The lowest BCUT2D eigenvalue weighted by atomic mass is 10.0. The number of carbonyl (C=O) groups is 1. The van der Waals surface area contributed by atoms with Crippen LogP contribution in [0.3, 0.4) is 0 Å². The number of hydrogen-bond acceptors (Lipinski definition) is 5. The van der Waals surface area contributed by atoms with Crippen molar-refractivity contribution in [2.45, 2.75) is 38.6 Å².